The second-order valence-electron chi connectivity index (χ2n) is 6.46. The van der Waals surface area contributed by atoms with Gasteiger partial charge < -0.3 is 16.0 Å². The summed E-state index contributed by atoms with van der Waals surface area (Å²) in [5.41, 5.74) is 5.76. The first-order valence-corrected chi connectivity index (χ1v) is 7.73. The van der Waals surface area contributed by atoms with E-state index in [4.69, 9.17) is 5.73 Å². The van der Waals surface area contributed by atoms with Crippen LogP contribution in [0, 0.1) is 5.41 Å². The number of likely N-dealkylation sites (tertiary alicyclic amines) is 1. The van der Waals surface area contributed by atoms with Crippen LogP contribution in [0.15, 0.2) is 0 Å². The molecule has 1 aliphatic heterocycles. The molecule has 1 saturated heterocycles. The minimum Gasteiger partial charge on any atom is -0.355 e. The van der Waals surface area contributed by atoms with Crippen molar-refractivity contribution >= 4 is 5.91 Å². The highest BCUT2D eigenvalue weighted by Crippen LogP contribution is 2.25. The fourth-order valence-corrected chi connectivity index (χ4v) is 2.59. The van der Waals surface area contributed by atoms with Crippen LogP contribution in [-0.2, 0) is 4.79 Å². The van der Waals surface area contributed by atoms with Gasteiger partial charge in [-0.05, 0) is 50.7 Å². The Hall–Kier alpha value is -0.610. The molecule has 0 saturated carbocycles. The number of rotatable bonds is 8. The summed E-state index contributed by atoms with van der Waals surface area (Å²) in [7, 11) is 0. The maximum absolute atomic E-state index is 11.8. The average Bonchev–Trinajstić information content (AvgIpc) is 2.38. The third kappa shape index (κ3) is 7.53. The average molecular weight is 269 g/mol. The Morgan fingerprint density at radius 3 is 2.53 bits per heavy atom. The van der Waals surface area contributed by atoms with E-state index in [9.17, 15) is 4.79 Å². The van der Waals surface area contributed by atoms with Crippen molar-refractivity contribution in [3.8, 4) is 0 Å². The summed E-state index contributed by atoms with van der Waals surface area (Å²) in [6, 6.07) is 0. The number of carbonyl (C=O) groups excluding carboxylic acids is 1. The summed E-state index contributed by atoms with van der Waals surface area (Å²) in [5, 5.41) is 3.03. The minimum absolute atomic E-state index is 0.180. The molecule has 0 atom stereocenters. The van der Waals surface area contributed by atoms with Crippen LogP contribution in [0.25, 0.3) is 0 Å². The van der Waals surface area contributed by atoms with Crippen molar-refractivity contribution in [3.05, 3.63) is 0 Å². The number of nitrogens with two attached hydrogens (primary N) is 1. The quantitative estimate of drug-likeness (QED) is 0.706. The molecule has 1 amide bonds. The normalized spacial score (nSPS) is 17.4. The lowest BCUT2D eigenvalue weighted by molar-refractivity contribution is -0.121. The van der Waals surface area contributed by atoms with Crippen LogP contribution in [0.4, 0.5) is 0 Å². The third-order valence-corrected chi connectivity index (χ3v) is 4.05. The highest BCUT2D eigenvalue weighted by Gasteiger charge is 2.18. The molecule has 1 aliphatic rings. The summed E-state index contributed by atoms with van der Waals surface area (Å²) < 4.78 is 0. The van der Waals surface area contributed by atoms with Crippen LogP contribution in [0.1, 0.15) is 52.4 Å². The van der Waals surface area contributed by atoms with Gasteiger partial charge in [0, 0.05) is 19.5 Å². The Bertz CT molecular complexity index is 260. The first-order valence-electron chi connectivity index (χ1n) is 7.73. The summed E-state index contributed by atoms with van der Waals surface area (Å²) in [5.74, 6) is 0.183. The van der Waals surface area contributed by atoms with E-state index in [2.05, 4.69) is 24.1 Å². The van der Waals surface area contributed by atoms with Gasteiger partial charge in [-0.1, -0.05) is 20.3 Å². The van der Waals surface area contributed by atoms with Crippen molar-refractivity contribution in [1.82, 2.24) is 10.2 Å². The van der Waals surface area contributed by atoms with Gasteiger partial charge in [-0.25, -0.2) is 0 Å². The maximum atomic E-state index is 11.8. The molecule has 4 heteroatoms. The van der Waals surface area contributed by atoms with Crippen molar-refractivity contribution in [2.75, 3.05) is 32.7 Å². The molecule has 0 spiro atoms. The molecule has 0 bridgehead atoms. The third-order valence-electron chi connectivity index (χ3n) is 4.05. The van der Waals surface area contributed by atoms with Crippen LogP contribution in [0.2, 0.25) is 0 Å². The Morgan fingerprint density at radius 1 is 1.21 bits per heavy atom. The molecule has 112 valence electrons. The molecule has 4 nitrogen and oxygen atoms in total. The largest absolute Gasteiger partial charge is 0.355 e. The Morgan fingerprint density at radius 2 is 1.89 bits per heavy atom. The lowest BCUT2D eigenvalue weighted by Crippen LogP contribution is -2.37. The summed E-state index contributed by atoms with van der Waals surface area (Å²) in [6.45, 7) is 9.23. The smallest absolute Gasteiger partial charge is 0.220 e. The van der Waals surface area contributed by atoms with E-state index in [1.807, 2.05) is 0 Å². The van der Waals surface area contributed by atoms with Crippen LogP contribution in [0.5, 0.6) is 0 Å². The van der Waals surface area contributed by atoms with Gasteiger partial charge in [0.1, 0.15) is 0 Å². The fraction of sp³-hybridized carbons (Fsp3) is 0.933. The lowest BCUT2D eigenvalue weighted by atomic mass is 9.84. The predicted molar refractivity (Wildman–Crippen MR) is 80.0 cm³/mol. The van der Waals surface area contributed by atoms with Crippen LogP contribution in [-0.4, -0.2) is 43.5 Å². The molecule has 0 unspecified atom stereocenters. The number of piperidine rings is 1. The first kappa shape index (κ1) is 16.4. The van der Waals surface area contributed by atoms with E-state index >= 15 is 0 Å². The molecule has 19 heavy (non-hydrogen) atoms. The van der Waals surface area contributed by atoms with Gasteiger partial charge in [0.25, 0.3) is 0 Å². The monoisotopic (exact) mass is 269 g/mol. The number of hydrogen-bond acceptors (Lipinski definition) is 3. The molecular formula is C15H31N3O. The van der Waals surface area contributed by atoms with E-state index in [-0.39, 0.29) is 11.3 Å². The number of nitrogens with zero attached hydrogens (tertiary/aromatic N) is 1. The molecule has 1 fully saturated rings. The molecule has 0 aromatic carbocycles. The van der Waals surface area contributed by atoms with Crippen molar-refractivity contribution in [2.45, 2.75) is 52.4 Å². The second kappa shape index (κ2) is 8.54. The molecule has 0 aliphatic carbocycles. The molecule has 0 radical (unpaired) electrons. The summed E-state index contributed by atoms with van der Waals surface area (Å²) in [4.78, 5) is 14.2. The zero-order valence-corrected chi connectivity index (χ0v) is 12.7. The minimum atomic E-state index is 0.180. The number of hydrogen-bond donors (Lipinski definition) is 2. The number of carbonyl (C=O) groups is 1. The summed E-state index contributed by atoms with van der Waals surface area (Å²) >= 11 is 0. The molecule has 0 aromatic rings. The zero-order valence-electron chi connectivity index (χ0n) is 12.7. The van der Waals surface area contributed by atoms with Gasteiger partial charge in [-0.15, -0.1) is 0 Å². The molecule has 3 N–H and O–H groups in total. The maximum Gasteiger partial charge on any atom is 0.220 e. The highest BCUT2D eigenvalue weighted by molar-refractivity contribution is 5.75. The standard InChI is InChI=1S/C15H31N3O/c1-15(2,8-9-16)7-6-14(19)17-10-13-18-11-4-3-5-12-18/h3-13,16H2,1-2H3,(H,17,19). The van der Waals surface area contributed by atoms with Crippen LogP contribution in [0.3, 0.4) is 0 Å². The Balaban J connectivity index is 2.07. The van der Waals surface area contributed by atoms with Gasteiger partial charge in [-0.3, -0.25) is 4.79 Å². The first-order chi connectivity index (χ1) is 9.03. The predicted octanol–water partition coefficient (Wildman–Crippen LogP) is 1.74. The van der Waals surface area contributed by atoms with Gasteiger partial charge in [0.05, 0.1) is 0 Å². The molecule has 1 heterocycles. The van der Waals surface area contributed by atoms with Crippen molar-refractivity contribution in [1.29, 1.82) is 0 Å². The summed E-state index contributed by atoms with van der Waals surface area (Å²) in [6.07, 6.45) is 6.49. The fourth-order valence-electron chi connectivity index (χ4n) is 2.59. The van der Waals surface area contributed by atoms with Crippen LogP contribution < -0.4 is 11.1 Å². The van der Waals surface area contributed by atoms with Crippen molar-refractivity contribution in [3.63, 3.8) is 0 Å². The second-order valence-corrected chi connectivity index (χ2v) is 6.46. The van der Waals surface area contributed by atoms with E-state index in [0.29, 0.717) is 13.0 Å². The number of nitrogens with one attached hydrogen (secondary N) is 1. The van der Waals surface area contributed by atoms with E-state index in [0.717, 1.165) is 25.9 Å². The van der Waals surface area contributed by atoms with Crippen molar-refractivity contribution < 1.29 is 4.79 Å². The lowest BCUT2D eigenvalue weighted by Gasteiger charge is -2.26. The van der Waals surface area contributed by atoms with Crippen molar-refractivity contribution in [2.24, 2.45) is 11.1 Å². The SMILES string of the molecule is CC(C)(CCN)CCC(=O)NCCN1CCCCC1. The van der Waals surface area contributed by atoms with E-state index in [1.165, 1.54) is 32.4 Å². The molecular weight excluding hydrogens is 238 g/mol. The van der Waals surface area contributed by atoms with Gasteiger partial charge in [0.2, 0.25) is 5.91 Å². The zero-order chi connectivity index (χ0) is 14.1. The molecule has 1 rings (SSSR count). The topological polar surface area (TPSA) is 58.4 Å². The van der Waals surface area contributed by atoms with Gasteiger partial charge >= 0.3 is 0 Å². The Kier molecular flexibility index (Phi) is 7.39. The Labute approximate surface area is 118 Å². The highest BCUT2D eigenvalue weighted by atomic mass is 16.1. The van der Waals surface area contributed by atoms with E-state index < -0.39 is 0 Å². The van der Waals surface area contributed by atoms with Crippen LogP contribution >= 0.6 is 0 Å². The van der Waals surface area contributed by atoms with Gasteiger partial charge in [-0.2, -0.15) is 0 Å². The van der Waals surface area contributed by atoms with Gasteiger partial charge in [0.15, 0.2) is 0 Å². The molecule has 0 aromatic heterocycles. The van der Waals surface area contributed by atoms with E-state index in [1.54, 1.807) is 0 Å². The number of amides is 1.